The van der Waals surface area contributed by atoms with Crippen molar-refractivity contribution in [2.75, 3.05) is 12.3 Å². The van der Waals surface area contributed by atoms with Crippen LogP contribution in [0, 0.1) is 0 Å². The first kappa shape index (κ1) is 19.5. The van der Waals surface area contributed by atoms with Crippen molar-refractivity contribution in [3.05, 3.63) is 95.6 Å². The number of rotatable bonds is 8. The largest absolute Gasteiger partial charge is 0.491 e. The van der Waals surface area contributed by atoms with E-state index in [0.717, 1.165) is 17.5 Å². The molecule has 28 heavy (non-hydrogen) atoms. The molecule has 0 aliphatic rings. The first-order valence-corrected chi connectivity index (χ1v) is 9.57. The summed E-state index contributed by atoms with van der Waals surface area (Å²) >= 11 is 0. The molecule has 4 nitrogen and oxygen atoms in total. The molecule has 3 rings (SSSR count). The van der Waals surface area contributed by atoms with Crippen LogP contribution in [0.2, 0.25) is 0 Å². The van der Waals surface area contributed by atoms with Crippen molar-refractivity contribution in [2.45, 2.75) is 26.4 Å². The van der Waals surface area contributed by atoms with Crippen LogP contribution in [-0.4, -0.2) is 17.4 Å². The van der Waals surface area contributed by atoms with Gasteiger partial charge in [-0.2, -0.15) is 0 Å². The average molecular weight is 374 g/mol. The van der Waals surface area contributed by atoms with E-state index in [9.17, 15) is 4.79 Å². The summed E-state index contributed by atoms with van der Waals surface area (Å²) in [6, 6.07) is 25.3. The molecule has 1 amide bonds. The fourth-order valence-electron chi connectivity index (χ4n) is 3.01. The van der Waals surface area contributed by atoms with Crippen molar-refractivity contribution >= 4 is 11.6 Å². The molecule has 144 valence electrons. The second-order valence-corrected chi connectivity index (χ2v) is 6.73. The van der Waals surface area contributed by atoms with E-state index in [0.29, 0.717) is 36.7 Å². The van der Waals surface area contributed by atoms with Crippen LogP contribution in [0.25, 0.3) is 0 Å². The maximum Gasteiger partial charge on any atom is 0.254 e. The Kier molecular flexibility index (Phi) is 6.68. The number of benzene rings is 3. The van der Waals surface area contributed by atoms with Crippen LogP contribution < -0.4 is 10.5 Å². The lowest BCUT2D eigenvalue weighted by Gasteiger charge is -2.23. The van der Waals surface area contributed by atoms with Crippen LogP contribution in [0.1, 0.15) is 34.8 Å². The molecule has 0 saturated heterocycles. The van der Waals surface area contributed by atoms with Crippen LogP contribution in [0.4, 0.5) is 5.69 Å². The zero-order valence-electron chi connectivity index (χ0n) is 16.2. The molecule has 3 aromatic rings. The molecule has 0 aliphatic heterocycles. The molecule has 0 radical (unpaired) electrons. The third-order valence-corrected chi connectivity index (χ3v) is 4.44. The summed E-state index contributed by atoms with van der Waals surface area (Å²) in [5.74, 6) is 0.567. The Morgan fingerprint density at radius 1 is 0.893 bits per heavy atom. The van der Waals surface area contributed by atoms with E-state index < -0.39 is 0 Å². The van der Waals surface area contributed by atoms with E-state index in [1.54, 1.807) is 18.2 Å². The Morgan fingerprint density at radius 3 is 1.96 bits per heavy atom. The van der Waals surface area contributed by atoms with Crippen molar-refractivity contribution in [3.63, 3.8) is 0 Å². The molecule has 2 N–H and O–H groups in total. The average Bonchev–Trinajstić information content (AvgIpc) is 2.73. The van der Waals surface area contributed by atoms with Gasteiger partial charge in [-0.3, -0.25) is 4.79 Å². The molecule has 0 fully saturated rings. The minimum atomic E-state index is -0.0542. The molecule has 0 aromatic heterocycles. The number of hydrogen-bond acceptors (Lipinski definition) is 3. The summed E-state index contributed by atoms with van der Waals surface area (Å²) < 4.78 is 5.62. The van der Waals surface area contributed by atoms with Crippen molar-refractivity contribution in [1.29, 1.82) is 0 Å². The van der Waals surface area contributed by atoms with Crippen LogP contribution in [0.3, 0.4) is 0 Å². The molecule has 0 saturated carbocycles. The second kappa shape index (κ2) is 9.60. The summed E-state index contributed by atoms with van der Waals surface area (Å²) in [7, 11) is 0. The summed E-state index contributed by atoms with van der Waals surface area (Å²) in [6.07, 6.45) is 0.905. The fourth-order valence-corrected chi connectivity index (χ4v) is 3.01. The van der Waals surface area contributed by atoms with Gasteiger partial charge in [0.15, 0.2) is 0 Å². The number of carbonyl (C=O) groups excluding carboxylic acids is 1. The van der Waals surface area contributed by atoms with Crippen LogP contribution >= 0.6 is 0 Å². The van der Waals surface area contributed by atoms with E-state index >= 15 is 0 Å². The number of hydrogen-bond donors (Lipinski definition) is 1. The molecular formula is C24H26N2O2. The molecule has 0 aliphatic carbocycles. The molecule has 0 spiro atoms. The molecule has 0 atom stereocenters. The Bertz CT molecular complexity index is 853. The van der Waals surface area contributed by atoms with Gasteiger partial charge in [-0.25, -0.2) is 0 Å². The Labute approximate surface area is 166 Å². The quantitative estimate of drug-likeness (QED) is 0.571. The van der Waals surface area contributed by atoms with Gasteiger partial charge in [-0.05, 0) is 35.7 Å². The standard InChI is InChI=1S/C24H26N2O2/c1-2-15-28-23-14-13-21(16-22(23)25)24(27)26(17-19-9-5-3-6-10-19)18-20-11-7-4-8-12-20/h3-14,16H,2,15,17-18,25H2,1H3. The summed E-state index contributed by atoms with van der Waals surface area (Å²) in [6.45, 7) is 3.70. The monoisotopic (exact) mass is 374 g/mol. The number of nitrogens with two attached hydrogens (primary N) is 1. The highest BCUT2D eigenvalue weighted by atomic mass is 16.5. The zero-order chi connectivity index (χ0) is 19.8. The maximum absolute atomic E-state index is 13.3. The summed E-state index contributed by atoms with van der Waals surface area (Å²) in [5.41, 5.74) is 9.33. The van der Waals surface area contributed by atoms with Crippen LogP contribution in [0.15, 0.2) is 78.9 Å². The number of nitrogens with zero attached hydrogens (tertiary/aromatic N) is 1. The van der Waals surface area contributed by atoms with Gasteiger partial charge in [-0.15, -0.1) is 0 Å². The number of carbonyl (C=O) groups is 1. The molecule has 0 heterocycles. The highest BCUT2D eigenvalue weighted by molar-refractivity contribution is 5.95. The summed E-state index contributed by atoms with van der Waals surface area (Å²) in [5, 5.41) is 0. The van der Waals surface area contributed by atoms with Gasteiger partial charge in [-0.1, -0.05) is 67.6 Å². The highest BCUT2D eigenvalue weighted by Gasteiger charge is 2.18. The van der Waals surface area contributed by atoms with Gasteiger partial charge >= 0.3 is 0 Å². The topological polar surface area (TPSA) is 55.6 Å². The third-order valence-electron chi connectivity index (χ3n) is 4.44. The summed E-state index contributed by atoms with van der Waals surface area (Å²) in [4.78, 5) is 15.1. The number of anilines is 1. The lowest BCUT2D eigenvalue weighted by molar-refractivity contribution is 0.0730. The fraction of sp³-hybridized carbons (Fsp3) is 0.208. The number of ether oxygens (including phenoxy) is 1. The van der Waals surface area contributed by atoms with Crippen molar-refractivity contribution in [1.82, 2.24) is 4.90 Å². The second-order valence-electron chi connectivity index (χ2n) is 6.73. The number of nitrogen functional groups attached to an aromatic ring is 1. The van der Waals surface area contributed by atoms with Crippen molar-refractivity contribution in [3.8, 4) is 5.75 Å². The van der Waals surface area contributed by atoms with E-state index in [-0.39, 0.29) is 5.91 Å². The molecule has 0 bridgehead atoms. The van der Waals surface area contributed by atoms with Crippen LogP contribution in [-0.2, 0) is 13.1 Å². The van der Waals surface area contributed by atoms with Gasteiger partial charge in [0.25, 0.3) is 5.91 Å². The van der Waals surface area contributed by atoms with E-state index in [1.807, 2.05) is 72.5 Å². The third kappa shape index (κ3) is 5.13. The van der Waals surface area contributed by atoms with Crippen molar-refractivity contribution in [2.24, 2.45) is 0 Å². The van der Waals surface area contributed by atoms with Crippen LogP contribution in [0.5, 0.6) is 5.75 Å². The minimum absolute atomic E-state index is 0.0542. The van der Waals surface area contributed by atoms with Gasteiger partial charge in [0, 0.05) is 18.7 Å². The van der Waals surface area contributed by atoms with E-state index in [1.165, 1.54) is 0 Å². The molecular weight excluding hydrogens is 348 g/mol. The smallest absolute Gasteiger partial charge is 0.254 e. The minimum Gasteiger partial charge on any atom is -0.491 e. The molecule has 0 unspecified atom stereocenters. The Morgan fingerprint density at radius 2 is 1.46 bits per heavy atom. The van der Waals surface area contributed by atoms with E-state index in [4.69, 9.17) is 10.5 Å². The zero-order valence-corrected chi connectivity index (χ0v) is 16.2. The molecule has 4 heteroatoms. The lowest BCUT2D eigenvalue weighted by Crippen LogP contribution is -2.30. The molecule has 3 aromatic carbocycles. The van der Waals surface area contributed by atoms with Gasteiger partial charge < -0.3 is 15.4 Å². The van der Waals surface area contributed by atoms with Gasteiger partial charge in [0.1, 0.15) is 5.75 Å². The lowest BCUT2D eigenvalue weighted by atomic mass is 10.1. The normalized spacial score (nSPS) is 10.5. The maximum atomic E-state index is 13.3. The van der Waals surface area contributed by atoms with Crippen molar-refractivity contribution < 1.29 is 9.53 Å². The van der Waals surface area contributed by atoms with Gasteiger partial charge in [0.2, 0.25) is 0 Å². The number of amides is 1. The first-order valence-electron chi connectivity index (χ1n) is 9.57. The predicted molar refractivity (Wildman–Crippen MR) is 113 cm³/mol. The van der Waals surface area contributed by atoms with Gasteiger partial charge in [0.05, 0.1) is 12.3 Å². The van der Waals surface area contributed by atoms with E-state index in [2.05, 4.69) is 0 Å². The Balaban J connectivity index is 1.84. The highest BCUT2D eigenvalue weighted by Crippen LogP contribution is 2.24. The Hall–Kier alpha value is -3.27. The predicted octanol–water partition coefficient (Wildman–Crippen LogP) is 4.90. The first-order chi connectivity index (χ1) is 13.7. The SMILES string of the molecule is CCCOc1ccc(C(=O)N(Cc2ccccc2)Cc2ccccc2)cc1N.